The van der Waals surface area contributed by atoms with Crippen molar-refractivity contribution in [3.63, 3.8) is 0 Å². The number of carbonyl (C=O) groups excluding carboxylic acids is 1. The molecule has 6 nitrogen and oxygen atoms in total. The van der Waals surface area contributed by atoms with Crippen molar-refractivity contribution in [2.45, 2.75) is 13.1 Å². The third-order valence-electron chi connectivity index (χ3n) is 3.90. The van der Waals surface area contributed by atoms with Crippen LogP contribution < -0.4 is 10.9 Å². The number of nitrogens with one attached hydrogen (secondary N) is 1. The van der Waals surface area contributed by atoms with Gasteiger partial charge in [-0.1, -0.05) is 12.1 Å². The van der Waals surface area contributed by atoms with E-state index in [4.69, 9.17) is 0 Å². The lowest BCUT2D eigenvalue weighted by atomic mass is 10.2. The highest BCUT2D eigenvalue weighted by molar-refractivity contribution is 5.77. The van der Waals surface area contributed by atoms with Gasteiger partial charge in [0.15, 0.2) is 6.29 Å². The van der Waals surface area contributed by atoms with Crippen LogP contribution in [0.3, 0.4) is 0 Å². The van der Waals surface area contributed by atoms with Gasteiger partial charge in [-0.2, -0.15) is 0 Å². The summed E-state index contributed by atoms with van der Waals surface area (Å²) in [5.74, 6) is 0.564. The minimum Gasteiger partial charge on any atom is -0.314 e. The average molecular weight is 286 g/mol. The second-order valence-electron chi connectivity index (χ2n) is 5.19. The quantitative estimate of drug-likeness (QED) is 0.822. The van der Waals surface area contributed by atoms with Crippen molar-refractivity contribution in [2.75, 3.05) is 26.2 Å². The molecule has 0 saturated carbocycles. The summed E-state index contributed by atoms with van der Waals surface area (Å²) in [7, 11) is 0. The molecule has 0 aliphatic carbocycles. The van der Waals surface area contributed by atoms with Gasteiger partial charge in [0, 0.05) is 26.2 Å². The first-order valence-corrected chi connectivity index (χ1v) is 7.10. The van der Waals surface area contributed by atoms with Crippen LogP contribution in [0.1, 0.15) is 12.0 Å². The Labute approximate surface area is 122 Å². The molecule has 1 unspecified atom stereocenters. The van der Waals surface area contributed by atoms with Crippen LogP contribution in [-0.4, -0.2) is 46.9 Å². The van der Waals surface area contributed by atoms with E-state index >= 15 is 0 Å². The highest BCUT2D eigenvalue weighted by Crippen LogP contribution is 2.14. The van der Waals surface area contributed by atoms with Crippen molar-refractivity contribution in [1.82, 2.24) is 19.8 Å². The number of para-hydroxylation sites is 1. The Kier molecular flexibility index (Phi) is 3.81. The second kappa shape index (κ2) is 5.75. The van der Waals surface area contributed by atoms with Crippen molar-refractivity contribution in [2.24, 2.45) is 0 Å². The van der Waals surface area contributed by atoms with Gasteiger partial charge >= 0.3 is 0 Å². The Bertz CT molecular complexity index is 719. The van der Waals surface area contributed by atoms with Crippen molar-refractivity contribution < 1.29 is 4.79 Å². The Morgan fingerprint density at radius 2 is 2.00 bits per heavy atom. The van der Waals surface area contributed by atoms with E-state index in [9.17, 15) is 9.59 Å². The fourth-order valence-corrected chi connectivity index (χ4v) is 2.83. The van der Waals surface area contributed by atoms with Gasteiger partial charge in [-0.05, 0) is 19.1 Å². The summed E-state index contributed by atoms with van der Waals surface area (Å²) >= 11 is 0. The summed E-state index contributed by atoms with van der Waals surface area (Å²) in [5.41, 5.74) is 0.509. The van der Waals surface area contributed by atoms with Crippen LogP contribution in [0.5, 0.6) is 0 Å². The number of nitrogens with zero attached hydrogens (tertiary/aromatic N) is 3. The topological polar surface area (TPSA) is 67.2 Å². The van der Waals surface area contributed by atoms with Crippen LogP contribution in [0.15, 0.2) is 29.1 Å². The van der Waals surface area contributed by atoms with Crippen LogP contribution in [0, 0.1) is 6.92 Å². The molecule has 1 aliphatic rings. The summed E-state index contributed by atoms with van der Waals surface area (Å²) in [6, 6.07) is 7.23. The monoisotopic (exact) mass is 286 g/mol. The number of hydrogen-bond acceptors (Lipinski definition) is 5. The van der Waals surface area contributed by atoms with Crippen LogP contribution in [0.2, 0.25) is 0 Å². The van der Waals surface area contributed by atoms with Crippen molar-refractivity contribution in [1.29, 1.82) is 0 Å². The molecule has 21 heavy (non-hydrogen) atoms. The molecule has 1 atom stereocenters. The standard InChI is InChI=1S/C15H18N4O2/c1-11-17-13-5-3-2-4-12(13)15(21)19(11)14(10-20)18-8-6-16-7-9-18/h2-5,10,14,16H,6-9H2,1H3. The molecule has 1 aliphatic heterocycles. The van der Waals surface area contributed by atoms with Gasteiger partial charge in [0.1, 0.15) is 12.0 Å². The third-order valence-corrected chi connectivity index (χ3v) is 3.90. The number of aromatic nitrogens is 2. The Morgan fingerprint density at radius 3 is 2.71 bits per heavy atom. The molecule has 0 spiro atoms. The summed E-state index contributed by atoms with van der Waals surface area (Å²) in [4.78, 5) is 30.8. The fourth-order valence-electron chi connectivity index (χ4n) is 2.83. The minimum absolute atomic E-state index is 0.159. The van der Waals surface area contributed by atoms with E-state index in [-0.39, 0.29) is 5.56 Å². The first-order valence-electron chi connectivity index (χ1n) is 7.10. The number of rotatable bonds is 3. The van der Waals surface area contributed by atoms with Crippen molar-refractivity contribution >= 4 is 17.2 Å². The molecule has 2 heterocycles. The molecule has 2 aromatic rings. The predicted molar refractivity (Wildman–Crippen MR) is 80.3 cm³/mol. The molecule has 1 saturated heterocycles. The maximum atomic E-state index is 12.7. The molecule has 3 rings (SSSR count). The largest absolute Gasteiger partial charge is 0.314 e. The van der Waals surface area contributed by atoms with E-state index in [1.165, 1.54) is 4.57 Å². The van der Waals surface area contributed by atoms with Gasteiger partial charge in [-0.15, -0.1) is 0 Å². The lowest BCUT2D eigenvalue weighted by Crippen LogP contribution is -2.49. The van der Waals surface area contributed by atoms with Crippen LogP contribution in [0.25, 0.3) is 10.9 Å². The molecular weight excluding hydrogens is 268 g/mol. The predicted octanol–water partition coefficient (Wildman–Crippen LogP) is 0.308. The molecule has 1 aromatic carbocycles. The summed E-state index contributed by atoms with van der Waals surface area (Å²) in [6.07, 6.45) is 0.243. The average Bonchev–Trinajstić information content (AvgIpc) is 2.52. The number of aldehydes is 1. The number of fused-ring (bicyclic) bond motifs is 1. The second-order valence-corrected chi connectivity index (χ2v) is 5.19. The maximum absolute atomic E-state index is 12.7. The van der Waals surface area contributed by atoms with Crippen LogP contribution >= 0.6 is 0 Å². The van der Waals surface area contributed by atoms with Gasteiger partial charge < -0.3 is 5.32 Å². The minimum atomic E-state index is -0.586. The van der Waals surface area contributed by atoms with Gasteiger partial charge in [0.2, 0.25) is 0 Å². The molecule has 0 amide bonds. The number of piperazine rings is 1. The van der Waals surface area contributed by atoms with Crippen molar-refractivity contribution in [3.05, 3.63) is 40.4 Å². The Balaban J connectivity index is 2.13. The molecule has 0 radical (unpaired) electrons. The van der Waals surface area contributed by atoms with E-state index < -0.39 is 6.17 Å². The van der Waals surface area contributed by atoms with E-state index in [1.807, 2.05) is 23.1 Å². The first-order chi connectivity index (χ1) is 10.2. The number of hydrogen-bond donors (Lipinski definition) is 1. The highest BCUT2D eigenvalue weighted by Gasteiger charge is 2.24. The smallest absolute Gasteiger partial charge is 0.263 e. The molecule has 6 heteroatoms. The third kappa shape index (κ3) is 2.48. The van der Waals surface area contributed by atoms with Gasteiger partial charge in [0.05, 0.1) is 10.9 Å². The lowest BCUT2D eigenvalue weighted by Gasteiger charge is -2.33. The van der Waals surface area contributed by atoms with Gasteiger partial charge in [-0.3, -0.25) is 19.1 Å². The van der Waals surface area contributed by atoms with E-state index in [1.54, 1.807) is 13.0 Å². The van der Waals surface area contributed by atoms with E-state index in [0.29, 0.717) is 16.7 Å². The fraction of sp³-hybridized carbons (Fsp3) is 0.400. The molecule has 1 N–H and O–H groups in total. The first kappa shape index (κ1) is 13.9. The van der Waals surface area contributed by atoms with Crippen molar-refractivity contribution in [3.8, 4) is 0 Å². The van der Waals surface area contributed by atoms with E-state index in [2.05, 4.69) is 10.3 Å². The van der Waals surface area contributed by atoms with Gasteiger partial charge in [0.25, 0.3) is 5.56 Å². The maximum Gasteiger partial charge on any atom is 0.263 e. The van der Waals surface area contributed by atoms with Crippen LogP contribution in [-0.2, 0) is 4.79 Å². The zero-order valence-electron chi connectivity index (χ0n) is 12.0. The van der Waals surface area contributed by atoms with Gasteiger partial charge in [-0.25, -0.2) is 4.98 Å². The molecule has 1 fully saturated rings. The number of benzene rings is 1. The van der Waals surface area contributed by atoms with Crippen LogP contribution in [0.4, 0.5) is 0 Å². The zero-order chi connectivity index (χ0) is 14.8. The molecule has 0 bridgehead atoms. The normalized spacial score (nSPS) is 17.8. The lowest BCUT2D eigenvalue weighted by molar-refractivity contribution is -0.115. The Morgan fingerprint density at radius 1 is 1.29 bits per heavy atom. The molecule has 110 valence electrons. The number of carbonyl (C=O) groups is 1. The highest BCUT2D eigenvalue weighted by atomic mass is 16.1. The van der Waals surface area contributed by atoms with E-state index in [0.717, 1.165) is 32.5 Å². The molecular formula is C15H18N4O2. The summed E-state index contributed by atoms with van der Waals surface area (Å²) < 4.78 is 1.50. The SMILES string of the molecule is Cc1nc2ccccc2c(=O)n1C(C=O)N1CCNCC1. The number of aryl methyl sites for hydroxylation is 1. The summed E-state index contributed by atoms with van der Waals surface area (Å²) in [6.45, 7) is 4.88. The zero-order valence-corrected chi connectivity index (χ0v) is 12.0. The summed E-state index contributed by atoms with van der Waals surface area (Å²) in [5, 5.41) is 3.79. The molecule has 1 aromatic heterocycles. The Hall–Kier alpha value is -2.05.